The van der Waals surface area contributed by atoms with Gasteiger partial charge in [-0.2, -0.15) is 0 Å². The van der Waals surface area contributed by atoms with Crippen molar-refractivity contribution in [3.63, 3.8) is 0 Å². The molecule has 0 heterocycles. The molecule has 2 aromatic carbocycles. The van der Waals surface area contributed by atoms with E-state index in [-0.39, 0.29) is 0 Å². The van der Waals surface area contributed by atoms with Crippen LogP contribution in [0.15, 0.2) is 30.3 Å². The molecular weight excluding hydrogens is 304 g/mol. The van der Waals surface area contributed by atoms with Crippen molar-refractivity contribution < 1.29 is 18.9 Å². The summed E-state index contributed by atoms with van der Waals surface area (Å²) in [6.07, 6.45) is 0. The van der Waals surface area contributed by atoms with E-state index in [1.54, 1.807) is 28.4 Å². The molecule has 2 aromatic rings. The average Bonchev–Trinajstić information content (AvgIpc) is 2.54. The molecule has 0 aromatic heterocycles. The molecule has 22 heavy (non-hydrogen) atoms. The minimum atomic E-state index is 0.465. The molecule has 0 bridgehead atoms. The number of halogens is 1. The van der Waals surface area contributed by atoms with Crippen molar-refractivity contribution in [1.82, 2.24) is 0 Å². The smallest absolute Gasteiger partial charge is 0.203 e. The summed E-state index contributed by atoms with van der Waals surface area (Å²) in [6, 6.07) is 9.51. The predicted molar refractivity (Wildman–Crippen MR) is 87.3 cm³/mol. The molecule has 118 valence electrons. The SMILES string of the molecule is COCc1cc(Cl)ccc1-c1cc(OC)c(OC)c(OC)c1. The quantitative estimate of drug-likeness (QED) is 0.799. The minimum absolute atomic E-state index is 0.465. The molecule has 0 saturated carbocycles. The van der Waals surface area contributed by atoms with Crippen LogP contribution < -0.4 is 14.2 Å². The van der Waals surface area contributed by atoms with Crippen molar-refractivity contribution in [3.8, 4) is 28.4 Å². The molecule has 0 saturated heterocycles. The molecule has 0 radical (unpaired) electrons. The van der Waals surface area contributed by atoms with Gasteiger partial charge in [-0.3, -0.25) is 0 Å². The largest absolute Gasteiger partial charge is 0.493 e. The van der Waals surface area contributed by atoms with Crippen molar-refractivity contribution in [2.75, 3.05) is 28.4 Å². The Morgan fingerprint density at radius 3 is 2.00 bits per heavy atom. The van der Waals surface area contributed by atoms with Crippen LogP contribution in [0.25, 0.3) is 11.1 Å². The van der Waals surface area contributed by atoms with E-state index >= 15 is 0 Å². The standard InChI is InChI=1S/C17H19ClO4/c1-19-10-12-7-13(18)5-6-14(12)11-8-15(20-2)17(22-4)16(9-11)21-3/h5-9H,10H2,1-4H3. The lowest BCUT2D eigenvalue weighted by molar-refractivity contribution is 0.185. The van der Waals surface area contributed by atoms with Crippen molar-refractivity contribution >= 4 is 11.6 Å². The van der Waals surface area contributed by atoms with Gasteiger partial charge in [0.25, 0.3) is 0 Å². The zero-order valence-corrected chi connectivity index (χ0v) is 13.9. The summed E-state index contributed by atoms with van der Waals surface area (Å²) in [6.45, 7) is 0.465. The third kappa shape index (κ3) is 3.29. The Labute approximate surface area is 135 Å². The molecule has 0 aliphatic rings. The van der Waals surface area contributed by atoms with E-state index in [1.807, 2.05) is 30.3 Å². The Hall–Kier alpha value is -1.91. The normalized spacial score (nSPS) is 10.4. The summed E-state index contributed by atoms with van der Waals surface area (Å²) in [5.74, 6) is 1.78. The molecule has 4 nitrogen and oxygen atoms in total. The van der Waals surface area contributed by atoms with Crippen LogP contribution in [-0.2, 0) is 11.3 Å². The van der Waals surface area contributed by atoms with Crippen LogP contribution in [0, 0.1) is 0 Å². The Bertz CT molecular complexity index is 630. The summed E-state index contributed by atoms with van der Waals surface area (Å²) in [5, 5.41) is 0.670. The number of hydrogen-bond acceptors (Lipinski definition) is 4. The van der Waals surface area contributed by atoms with Gasteiger partial charge >= 0.3 is 0 Å². The van der Waals surface area contributed by atoms with E-state index in [4.69, 9.17) is 30.5 Å². The molecule has 0 N–H and O–H groups in total. The second kappa shape index (κ2) is 7.38. The summed E-state index contributed by atoms with van der Waals surface area (Å²) in [5.41, 5.74) is 2.94. The zero-order chi connectivity index (χ0) is 16.1. The number of benzene rings is 2. The third-order valence-corrected chi connectivity index (χ3v) is 3.58. The van der Waals surface area contributed by atoms with Crippen LogP contribution in [0.2, 0.25) is 5.02 Å². The molecule has 0 spiro atoms. The molecule has 2 rings (SSSR count). The third-order valence-electron chi connectivity index (χ3n) is 3.34. The molecule has 0 aliphatic carbocycles. The predicted octanol–water partition coefficient (Wildman–Crippen LogP) is 4.18. The first kappa shape index (κ1) is 16.5. The molecule has 0 aliphatic heterocycles. The van der Waals surface area contributed by atoms with Crippen molar-refractivity contribution in [2.45, 2.75) is 6.61 Å². The molecule has 0 unspecified atom stereocenters. The summed E-state index contributed by atoms with van der Waals surface area (Å²) >= 11 is 6.08. The van der Waals surface area contributed by atoms with Gasteiger partial charge in [0.15, 0.2) is 11.5 Å². The summed E-state index contributed by atoms with van der Waals surface area (Å²) in [4.78, 5) is 0. The Kier molecular flexibility index (Phi) is 5.52. The lowest BCUT2D eigenvalue weighted by Crippen LogP contribution is -1.97. The van der Waals surface area contributed by atoms with Gasteiger partial charge in [0.1, 0.15) is 0 Å². The first-order valence-corrected chi connectivity index (χ1v) is 7.10. The molecule has 0 amide bonds. The highest BCUT2D eigenvalue weighted by molar-refractivity contribution is 6.30. The van der Waals surface area contributed by atoms with Gasteiger partial charge in [0.05, 0.1) is 27.9 Å². The monoisotopic (exact) mass is 322 g/mol. The van der Waals surface area contributed by atoms with E-state index in [9.17, 15) is 0 Å². The fraction of sp³-hybridized carbons (Fsp3) is 0.294. The first-order chi connectivity index (χ1) is 10.6. The van der Waals surface area contributed by atoms with Crippen LogP contribution in [-0.4, -0.2) is 28.4 Å². The van der Waals surface area contributed by atoms with Gasteiger partial charge in [0, 0.05) is 12.1 Å². The zero-order valence-electron chi connectivity index (χ0n) is 13.1. The lowest BCUT2D eigenvalue weighted by Gasteiger charge is -2.16. The van der Waals surface area contributed by atoms with Crippen LogP contribution in [0.5, 0.6) is 17.2 Å². The lowest BCUT2D eigenvalue weighted by atomic mass is 9.99. The van der Waals surface area contributed by atoms with Crippen LogP contribution in [0.3, 0.4) is 0 Å². The van der Waals surface area contributed by atoms with E-state index < -0.39 is 0 Å². The summed E-state index contributed by atoms with van der Waals surface area (Å²) < 4.78 is 21.4. The van der Waals surface area contributed by atoms with Crippen LogP contribution >= 0.6 is 11.6 Å². The number of hydrogen-bond donors (Lipinski definition) is 0. The van der Waals surface area contributed by atoms with Gasteiger partial charge in [-0.1, -0.05) is 17.7 Å². The van der Waals surface area contributed by atoms with Gasteiger partial charge in [-0.05, 0) is 41.0 Å². The Balaban J connectivity index is 2.62. The molecule has 0 fully saturated rings. The number of ether oxygens (including phenoxy) is 4. The molecule has 0 atom stereocenters. The highest BCUT2D eigenvalue weighted by atomic mass is 35.5. The highest BCUT2D eigenvalue weighted by Gasteiger charge is 2.16. The maximum atomic E-state index is 6.08. The Morgan fingerprint density at radius 1 is 0.864 bits per heavy atom. The summed E-state index contributed by atoms with van der Waals surface area (Å²) in [7, 11) is 6.43. The van der Waals surface area contributed by atoms with Gasteiger partial charge in [-0.15, -0.1) is 0 Å². The highest BCUT2D eigenvalue weighted by Crippen LogP contribution is 2.42. The minimum Gasteiger partial charge on any atom is -0.493 e. The maximum absolute atomic E-state index is 6.08. The molecule has 5 heteroatoms. The number of methoxy groups -OCH3 is 4. The maximum Gasteiger partial charge on any atom is 0.203 e. The van der Waals surface area contributed by atoms with E-state index in [2.05, 4.69) is 0 Å². The van der Waals surface area contributed by atoms with E-state index in [0.717, 1.165) is 16.7 Å². The topological polar surface area (TPSA) is 36.9 Å². The van der Waals surface area contributed by atoms with Crippen LogP contribution in [0.1, 0.15) is 5.56 Å². The first-order valence-electron chi connectivity index (χ1n) is 6.72. The molecular formula is C17H19ClO4. The number of rotatable bonds is 6. The van der Waals surface area contributed by atoms with Gasteiger partial charge in [-0.25, -0.2) is 0 Å². The fourth-order valence-electron chi connectivity index (χ4n) is 2.36. The van der Waals surface area contributed by atoms with E-state index in [1.165, 1.54) is 0 Å². The fourth-order valence-corrected chi connectivity index (χ4v) is 2.55. The van der Waals surface area contributed by atoms with Crippen molar-refractivity contribution in [3.05, 3.63) is 40.9 Å². The second-order valence-electron chi connectivity index (χ2n) is 4.65. The van der Waals surface area contributed by atoms with Crippen LogP contribution in [0.4, 0.5) is 0 Å². The second-order valence-corrected chi connectivity index (χ2v) is 5.08. The average molecular weight is 323 g/mol. The van der Waals surface area contributed by atoms with Gasteiger partial charge in [0.2, 0.25) is 5.75 Å². The van der Waals surface area contributed by atoms with Gasteiger partial charge < -0.3 is 18.9 Å². The Morgan fingerprint density at radius 2 is 1.50 bits per heavy atom. The van der Waals surface area contributed by atoms with Crippen molar-refractivity contribution in [1.29, 1.82) is 0 Å². The van der Waals surface area contributed by atoms with Crippen molar-refractivity contribution in [2.24, 2.45) is 0 Å². The van der Waals surface area contributed by atoms with E-state index in [0.29, 0.717) is 28.9 Å².